The first kappa shape index (κ1) is 16.0. The van der Waals surface area contributed by atoms with Crippen LogP contribution in [0, 0.1) is 11.8 Å². The van der Waals surface area contributed by atoms with Gasteiger partial charge >= 0.3 is 0 Å². The second-order valence-corrected chi connectivity index (χ2v) is 9.00. The summed E-state index contributed by atoms with van der Waals surface area (Å²) in [5, 5.41) is 9.46. The van der Waals surface area contributed by atoms with Gasteiger partial charge in [-0.25, -0.2) is 8.42 Å². The van der Waals surface area contributed by atoms with Crippen molar-refractivity contribution >= 4 is 25.8 Å². The molecule has 2 rings (SSSR count). The van der Waals surface area contributed by atoms with Gasteiger partial charge in [0.2, 0.25) is 0 Å². The van der Waals surface area contributed by atoms with Crippen molar-refractivity contribution in [3.8, 4) is 0 Å². The lowest BCUT2D eigenvalue weighted by atomic mass is 9.80. The summed E-state index contributed by atoms with van der Waals surface area (Å²) in [6.45, 7) is 4.23. The van der Waals surface area contributed by atoms with Crippen LogP contribution < -0.4 is 0 Å². The highest BCUT2D eigenvalue weighted by Crippen LogP contribution is 2.36. The van der Waals surface area contributed by atoms with Crippen LogP contribution in [-0.2, 0) is 9.84 Å². The summed E-state index contributed by atoms with van der Waals surface area (Å²) in [5.74, 6) is 0.818. The molecule has 1 fully saturated rings. The van der Waals surface area contributed by atoms with Gasteiger partial charge in [0, 0.05) is 4.47 Å². The van der Waals surface area contributed by atoms with Gasteiger partial charge in [0.1, 0.15) is 0 Å². The minimum Gasteiger partial charge on any atom is -0.392 e. The second-order valence-electron chi connectivity index (χ2n) is 5.92. The van der Waals surface area contributed by atoms with Crippen LogP contribution in [0.3, 0.4) is 0 Å². The van der Waals surface area contributed by atoms with Gasteiger partial charge in [0.25, 0.3) is 0 Å². The molecule has 20 heavy (non-hydrogen) atoms. The van der Waals surface area contributed by atoms with Gasteiger partial charge in [-0.2, -0.15) is 0 Å². The van der Waals surface area contributed by atoms with Crippen molar-refractivity contribution in [2.45, 2.75) is 49.4 Å². The number of hydrogen-bond acceptors (Lipinski definition) is 3. The Balaban J connectivity index is 2.29. The molecule has 0 aromatic heterocycles. The first-order valence-corrected chi connectivity index (χ1v) is 9.34. The molecule has 1 N–H and O–H groups in total. The van der Waals surface area contributed by atoms with Crippen molar-refractivity contribution in [2.24, 2.45) is 11.8 Å². The fourth-order valence-electron chi connectivity index (χ4n) is 2.88. The molecule has 0 spiro atoms. The molecule has 1 aliphatic rings. The third kappa shape index (κ3) is 3.26. The van der Waals surface area contributed by atoms with E-state index in [4.69, 9.17) is 0 Å². The SMILES string of the molecule is CC(C)C1CCC(O)C(S(=O)(=O)c2ccc(Br)cc2)C1. The van der Waals surface area contributed by atoms with E-state index in [-0.39, 0.29) is 0 Å². The van der Waals surface area contributed by atoms with Crippen molar-refractivity contribution in [3.05, 3.63) is 28.7 Å². The summed E-state index contributed by atoms with van der Waals surface area (Å²) in [5.41, 5.74) is 0. The molecule has 0 amide bonds. The largest absolute Gasteiger partial charge is 0.392 e. The number of hydrogen-bond donors (Lipinski definition) is 1. The minimum absolute atomic E-state index is 0.300. The molecule has 1 aromatic carbocycles. The van der Waals surface area contributed by atoms with Crippen LogP contribution >= 0.6 is 15.9 Å². The van der Waals surface area contributed by atoms with Crippen LogP contribution in [0.4, 0.5) is 0 Å². The molecule has 1 aromatic rings. The van der Waals surface area contributed by atoms with Crippen molar-refractivity contribution in [2.75, 3.05) is 0 Å². The van der Waals surface area contributed by atoms with E-state index in [1.165, 1.54) is 0 Å². The first-order chi connectivity index (χ1) is 9.32. The van der Waals surface area contributed by atoms with Crippen LogP contribution in [0.25, 0.3) is 0 Å². The molecule has 0 bridgehead atoms. The zero-order valence-electron chi connectivity index (χ0n) is 11.8. The predicted molar refractivity (Wildman–Crippen MR) is 83.3 cm³/mol. The van der Waals surface area contributed by atoms with E-state index in [1.54, 1.807) is 24.3 Å². The molecule has 0 saturated heterocycles. The highest BCUT2D eigenvalue weighted by Gasteiger charge is 2.39. The molecule has 0 radical (unpaired) electrons. The molecular formula is C15H21BrO3S. The number of sulfone groups is 1. The Morgan fingerprint density at radius 3 is 2.35 bits per heavy atom. The average Bonchev–Trinajstić information content (AvgIpc) is 2.39. The lowest BCUT2D eigenvalue weighted by molar-refractivity contribution is 0.0997. The number of rotatable bonds is 3. The Kier molecular flexibility index (Phi) is 4.92. The zero-order valence-corrected chi connectivity index (χ0v) is 14.2. The number of aliphatic hydroxyl groups excluding tert-OH is 1. The standard InChI is InChI=1S/C15H21BrO3S/c1-10(2)11-3-8-14(17)15(9-11)20(18,19)13-6-4-12(16)5-7-13/h4-7,10-11,14-15,17H,3,8-9H2,1-2H3. The van der Waals surface area contributed by atoms with E-state index < -0.39 is 21.2 Å². The summed E-state index contributed by atoms with van der Waals surface area (Å²) in [6.07, 6.45) is 1.28. The van der Waals surface area contributed by atoms with Crippen LogP contribution in [0.5, 0.6) is 0 Å². The van der Waals surface area contributed by atoms with E-state index in [2.05, 4.69) is 29.8 Å². The van der Waals surface area contributed by atoms with Gasteiger partial charge in [0.15, 0.2) is 9.84 Å². The fraction of sp³-hybridized carbons (Fsp3) is 0.600. The second kappa shape index (κ2) is 6.16. The molecule has 3 atom stereocenters. The summed E-state index contributed by atoms with van der Waals surface area (Å²) in [4.78, 5) is 0.300. The Hall–Kier alpha value is -0.390. The van der Waals surface area contributed by atoms with Crippen LogP contribution in [-0.4, -0.2) is 24.9 Å². The van der Waals surface area contributed by atoms with E-state index >= 15 is 0 Å². The quantitative estimate of drug-likeness (QED) is 0.898. The number of benzene rings is 1. The molecule has 112 valence electrons. The molecule has 3 nitrogen and oxygen atoms in total. The maximum absolute atomic E-state index is 12.7. The van der Waals surface area contributed by atoms with Gasteiger partial charge in [-0.15, -0.1) is 0 Å². The van der Waals surface area contributed by atoms with Crippen LogP contribution in [0.2, 0.25) is 0 Å². The van der Waals surface area contributed by atoms with Crippen LogP contribution in [0.1, 0.15) is 33.1 Å². The van der Waals surface area contributed by atoms with Crippen molar-refractivity contribution < 1.29 is 13.5 Å². The fourth-order valence-corrected chi connectivity index (χ4v) is 5.06. The lowest BCUT2D eigenvalue weighted by Crippen LogP contribution is -2.41. The summed E-state index contributed by atoms with van der Waals surface area (Å²) in [6, 6.07) is 6.65. The summed E-state index contributed by atoms with van der Waals surface area (Å²) in [7, 11) is -3.47. The highest BCUT2D eigenvalue weighted by atomic mass is 79.9. The van der Waals surface area contributed by atoms with Crippen molar-refractivity contribution in [1.82, 2.24) is 0 Å². The Labute approximate surface area is 129 Å². The summed E-state index contributed by atoms with van der Waals surface area (Å²) < 4.78 is 26.3. The summed E-state index contributed by atoms with van der Waals surface area (Å²) >= 11 is 3.30. The normalized spacial score (nSPS) is 27.8. The predicted octanol–water partition coefficient (Wildman–Crippen LogP) is 3.41. The number of halogens is 1. The topological polar surface area (TPSA) is 54.4 Å². The van der Waals surface area contributed by atoms with E-state index in [0.717, 1.165) is 10.9 Å². The van der Waals surface area contributed by atoms with E-state index in [9.17, 15) is 13.5 Å². The Morgan fingerprint density at radius 2 is 1.80 bits per heavy atom. The Morgan fingerprint density at radius 1 is 1.20 bits per heavy atom. The molecular weight excluding hydrogens is 340 g/mol. The molecule has 1 aliphatic carbocycles. The molecule has 1 saturated carbocycles. The first-order valence-electron chi connectivity index (χ1n) is 7.00. The Bertz CT molecular complexity index is 551. The molecule has 0 heterocycles. The van der Waals surface area contributed by atoms with Gasteiger partial charge in [-0.3, -0.25) is 0 Å². The van der Waals surface area contributed by atoms with E-state index in [0.29, 0.717) is 29.6 Å². The maximum atomic E-state index is 12.7. The monoisotopic (exact) mass is 360 g/mol. The highest BCUT2D eigenvalue weighted by molar-refractivity contribution is 9.10. The minimum atomic E-state index is -3.47. The molecule has 0 aliphatic heterocycles. The smallest absolute Gasteiger partial charge is 0.183 e. The molecule has 3 unspecified atom stereocenters. The van der Waals surface area contributed by atoms with Gasteiger partial charge in [0.05, 0.1) is 16.2 Å². The lowest BCUT2D eigenvalue weighted by Gasteiger charge is -2.34. The van der Waals surface area contributed by atoms with Crippen molar-refractivity contribution in [3.63, 3.8) is 0 Å². The van der Waals surface area contributed by atoms with Gasteiger partial charge < -0.3 is 5.11 Å². The zero-order chi connectivity index (χ0) is 14.9. The van der Waals surface area contributed by atoms with E-state index in [1.807, 2.05) is 0 Å². The third-order valence-corrected chi connectivity index (χ3v) is 7.04. The third-order valence-electron chi connectivity index (χ3n) is 4.28. The number of aliphatic hydroxyl groups is 1. The van der Waals surface area contributed by atoms with Crippen LogP contribution in [0.15, 0.2) is 33.6 Å². The maximum Gasteiger partial charge on any atom is 0.183 e. The molecule has 5 heteroatoms. The average molecular weight is 361 g/mol. The van der Waals surface area contributed by atoms with Gasteiger partial charge in [-0.1, -0.05) is 29.8 Å². The van der Waals surface area contributed by atoms with Crippen molar-refractivity contribution in [1.29, 1.82) is 0 Å². The van der Waals surface area contributed by atoms with Gasteiger partial charge in [-0.05, 0) is 55.4 Å².